The highest BCUT2D eigenvalue weighted by molar-refractivity contribution is 5.73. The fourth-order valence-electron chi connectivity index (χ4n) is 3.22. The molecule has 1 fully saturated rings. The van der Waals surface area contributed by atoms with Crippen LogP contribution < -0.4 is 20.3 Å². The summed E-state index contributed by atoms with van der Waals surface area (Å²) in [6.07, 6.45) is 5.02. The van der Waals surface area contributed by atoms with E-state index < -0.39 is 5.82 Å². The summed E-state index contributed by atoms with van der Waals surface area (Å²) in [5.41, 5.74) is 1.15. The number of methoxy groups -OCH3 is 1. The molecule has 1 aliphatic heterocycles. The summed E-state index contributed by atoms with van der Waals surface area (Å²) < 4.78 is 18.0. The van der Waals surface area contributed by atoms with Crippen molar-refractivity contribution >= 4 is 12.0 Å². The first kappa shape index (κ1) is 19.9. The number of nitrogens with zero attached hydrogens (tertiary/aromatic N) is 3. The van der Waals surface area contributed by atoms with E-state index in [1.807, 2.05) is 29.2 Å². The lowest BCUT2D eigenvalue weighted by Gasteiger charge is -2.31. The molecule has 2 amide bonds. The number of nitrogens with one attached hydrogen (secondary N) is 2. The first-order valence-electron chi connectivity index (χ1n) is 9.51. The second kappa shape index (κ2) is 9.87. The maximum atomic E-state index is 12.9. The number of ether oxygens (including phenoxy) is 1. The molecule has 0 spiro atoms. The lowest BCUT2D eigenvalue weighted by Crippen LogP contribution is -2.42. The van der Waals surface area contributed by atoms with Gasteiger partial charge in [-0.3, -0.25) is 0 Å². The predicted octanol–water partition coefficient (Wildman–Crippen LogP) is 2.38. The molecular formula is C20H26FN5O2. The number of urea groups is 1. The third-order valence-electron chi connectivity index (χ3n) is 4.91. The Bertz CT molecular complexity index is 746. The number of halogens is 1. The summed E-state index contributed by atoms with van der Waals surface area (Å²) in [7, 11) is 1.64. The third-order valence-corrected chi connectivity index (χ3v) is 4.91. The average Bonchev–Trinajstić information content (AvgIpc) is 2.74. The van der Waals surface area contributed by atoms with E-state index in [-0.39, 0.29) is 6.03 Å². The number of anilines is 1. The van der Waals surface area contributed by atoms with Gasteiger partial charge in [-0.05, 0) is 42.9 Å². The Balaban J connectivity index is 1.31. The predicted molar refractivity (Wildman–Crippen MR) is 105 cm³/mol. The van der Waals surface area contributed by atoms with Crippen LogP contribution in [-0.2, 0) is 6.42 Å². The van der Waals surface area contributed by atoms with Crippen molar-refractivity contribution in [3.63, 3.8) is 0 Å². The van der Waals surface area contributed by atoms with Gasteiger partial charge in [-0.1, -0.05) is 12.1 Å². The van der Waals surface area contributed by atoms with E-state index in [0.717, 1.165) is 43.7 Å². The number of carbonyl (C=O) groups excluding carboxylic acids is 1. The van der Waals surface area contributed by atoms with Crippen molar-refractivity contribution in [1.82, 2.24) is 20.6 Å². The van der Waals surface area contributed by atoms with Gasteiger partial charge in [0.05, 0.1) is 19.5 Å². The first-order chi connectivity index (χ1) is 13.6. The van der Waals surface area contributed by atoms with Crippen LogP contribution in [0.15, 0.2) is 36.7 Å². The zero-order valence-corrected chi connectivity index (χ0v) is 16.0. The van der Waals surface area contributed by atoms with Crippen molar-refractivity contribution in [3.05, 3.63) is 48.0 Å². The van der Waals surface area contributed by atoms with Crippen LogP contribution in [-0.4, -0.2) is 49.3 Å². The van der Waals surface area contributed by atoms with Gasteiger partial charge in [-0.15, -0.1) is 0 Å². The second-order valence-corrected chi connectivity index (χ2v) is 6.87. The molecule has 0 radical (unpaired) electrons. The Kier molecular flexibility index (Phi) is 7.00. The van der Waals surface area contributed by atoms with Gasteiger partial charge < -0.3 is 20.3 Å². The van der Waals surface area contributed by atoms with E-state index in [0.29, 0.717) is 25.0 Å². The standard InChI is InChI=1S/C20H26FN5O2/c1-28-18-4-2-15(3-5-18)6-9-22-20(27)25-12-16-7-10-26(11-8-16)19-23-13-17(21)14-24-19/h2-5,13-14,16H,6-12H2,1H3,(H2,22,25,27). The number of benzene rings is 1. The van der Waals surface area contributed by atoms with Gasteiger partial charge in [0, 0.05) is 26.2 Å². The van der Waals surface area contributed by atoms with E-state index in [2.05, 4.69) is 20.6 Å². The highest BCUT2D eigenvalue weighted by Gasteiger charge is 2.21. The molecule has 2 N–H and O–H groups in total. The Morgan fingerprint density at radius 2 is 1.86 bits per heavy atom. The van der Waals surface area contributed by atoms with Crippen molar-refractivity contribution in [1.29, 1.82) is 0 Å². The normalized spacial score (nSPS) is 14.6. The van der Waals surface area contributed by atoms with Gasteiger partial charge in [-0.25, -0.2) is 19.2 Å². The molecule has 0 atom stereocenters. The monoisotopic (exact) mass is 387 g/mol. The van der Waals surface area contributed by atoms with E-state index in [1.165, 1.54) is 12.4 Å². The van der Waals surface area contributed by atoms with Gasteiger partial charge in [0.2, 0.25) is 5.95 Å². The van der Waals surface area contributed by atoms with Crippen molar-refractivity contribution in [2.45, 2.75) is 19.3 Å². The number of carbonyl (C=O) groups is 1. The van der Waals surface area contributed by atoms with Crippen LogP contribution in [0.4, 0.5) is 15.1 Å². The Labute approximate surface area is 164 Å². The summed E-state index contributed by atoms with van der Waals surface area (Å²) >= 11 is 0. The number of piperidine rings is 1. The molecule has 28 heavy (non-hydrogen) atoms. The van der Waals surface area contributed by atoms with Crippen LogP contribution in [0.2, 0.25) is 0 Å². The topological polar surface area (TPSA) is 79.4 Å². The minimum absolute atomic E-state index is 0.141. The van der Waals surface area contributed by atoms with Crippen LogP contribution in [0, 0.1) is 11.7 Å². The number of aromatic nitrogens is 2. The summed E-state index contributed by atoms with van der Waals surface area (Å²) in [6.45, 7) is 2.83. The SMILES string of the molecule is COc1ccc(CCNC(=O)NCC2CCN(c3ncc(F)cn3)CC2)cc1. The molecular weight excluding hydrogens is 361 g/mol. The van der Waals surface area contributed by atoms with Crippen molar-refractivity contribution in [2.24, 2.45) is 5.92 Å². The van der Waals surface area contributed by atoms with Gasteiger partial charge >= 0.3 is 6.03 Å². The third kappa shape index (κ3) is 5.80. The van der Waals surface area contributed by atoms with Crippen LogP contribution in [0.5, 0.6) is 5.75 Å². The van der Waals surface area contributed by atoms with Gasteiger partial charge in [0.25, 0.3) is 0 Å². The Morgan fingerprint density at radius 3 is 2.50 bits per heavy atom. The molecule has 0 unspecified atom stereocenters. The minimum Gasteiger partial charge on any atom is -0.497 e. The molecule has 1 aromatic heterocycles. The number of hydrogen-bond acceptors (Lipinski definition) is 5. The lowest BCUT2D eigenvalue weighted by atomic mass is 9.97. The summed E-state index contributed by atoms with van der Waals surface area (Å²) in [5, 5.41) is 5.84. The summed E-state index contributed by atoms with van der Waals surface area (Å²) in [6, 6.07) is 7.68. The molecule has 0 saturated carbocycles. The van der Waals surface area contributed by atoms with Crippen LogP contribution >= 0.6 is 0 Å². The fraction of sp³-hybridized carbons (Fsp3) is 0.450. The highest BCUT2D eigenvalue weighted by atomic mass is 19.1. The van der Waals surface area contributed by atoms with Crippen LogP contribution in [0.3, 0.4) is 0 Å². The molecule has 1 aromatic carbocycles. The molecule has 1 aliphatic rings. The van der Waals surface area contributed by atoms with Crippen molar-refractivity contribution < 1.29 is 13.9 Å². The largest absolute Gasteiger partial charge is 0.497 e. The van der Waals surface area contributed by atoms with Crippen molar-refractivity contribution in [3.8, 4) is 5.75 Å². The zero-order chi connectivity index (χ0) is 19.8. The molecule has 7 nitrogen and oxygen atoms in total. The van der Waals surface area contributed by atoms with E-state index in [4.69, 9.17) is 4.74 Å². The molecule has 1 saturated heterocycles. The molecule has 2 aromatic rings. The molecule has 150 valence electrons. The maximum absolute atomic E-state index is 12.9. The molecule has 3 rings (SSSR count). The zero-order valence-electron chi connectivity index (χ0n) is 16.0. The molecule has 0 aliphatic carbocycles. The van der Waals surface area contributed by atoms with Gasteiger partial charge in [0.1, 0.15) is 5.75 Å². The van der Waals surface area contributed by atoms with Crippen LogP contribution in [0.25, 0.3) is 0 Å². The quantitative estimate of drug-likeness (QED) is 0.763. The maximum Gasteiger partial charge on any atom is 0.314 e. The highest BCUT2D eigenvalue weighted by Crippen LogP contribution is 2.19. The first-order valence-corrected chi connectivity index (χ1v) is 9.51. The van der Waals surface area contributed by atoms with E-state index in [1.54, 1.807) is 7.11 Å². The summed E-state index contributed by atoms with van der Waals surface area (Å²) in [4.78, 5) is 22.1. The Morgan fingerprint density at radius 1 is 1.18 bits per heavy atom. The number of hydrogen-bond donors (Lipinski definition) is 2. The number of amides is 2. The van der Waals surface area contributed by atoms with Gasteiger partial charge in [-0.2, -0.15) is 0 Å². The number of rotatable bonds is 7. The van der Waals surface area contributed by atoms with Crippen LogP contribution in [0.1, 0.15) is 18.4 Å². The Hall–Kier alpha value is -2.90. The lowest BCUT2D eigenvalue weighted by molar-refractivity contribution is 0.237. The molecule has 2 heterocycles. The van der Waals surface area contributed by atoms with E-state index >= 15 is 0 Å². The van der Waals surface area contributed by atoms with E-state index in [9.17, 15) is 9.18 Å². The summed E-state index contributed by atoms with van der Waals surface area (Å²) in [5.74, 6) is 1.38. The fourth-order valence-corrected chi connectivity index (χ4v) is 3.22. The second-order valence-electron chi connectivity index (χ2n) is 6.87. The molecule has 8 heteroatoms. The molecule has 0 bridgehead atoms. The van der Waals surface area contributed by atoms with Gasteiger partial charge in [0.15, 0.2) is 5.82 Å². The van der Waals surface area contributed by atoms with Crippen molar-refractivity contribution in [2.75, 3.05) is 38.2 Å². The smallest absolute Gasteiger partial charge is 0.314 e. The minimum atomic E-state index is -0.430. The average molecular weight is 387 g/mol.